The summed E-state index contributed by atoms with van der Waals surface area (Å²) < 4.78 is 7.78. The Morgan fingerprint density at radius 1 is 1.17 bits per heavy atom. The first-order valence-electron chi connectivity index (χ1n) is 8.20. The molecule has 0 saturated carbocycles. The molecule has 2 aliphatic heterocycles. The van der Waals surface area contributed by atoms with Crippen LogP contribution in [0.25, 0.3) is 0 Å². The Kier molecular flexibility index (Phi) is 3.83. The van der Waals surface area contributed by atoms with Gasteiger partial charge in [0.2, 0.25) is 11.9 Å². The smallest absolute Gasteiger partial charge is 0.235 e. The predicted octanol–water partition coefficient (Wildman–Crippen LogP) is 2.18. The van der Waals surface area contributed by atoms with Crippen molar-refractivity contribution in [2.24, 2.45) is 5.92 Å². The van der Waals surface area contributed by atoms with E-state index in [9.17, 15) is 4.79 Å². The van der Waals surface area contributed by atoms with E-state index in [4.69, 9.17) is 4.74 Å². The fourth-order valence-electron chi connectivity index (χ4n) is 3.52. The van der Waals surface area contributed by atoms with Crippen molar-refractivity contribution in [3.8, 4) is 0 Å². The lowest BCUT2D eigenvalue weighted by atomic mass is 9.88. The van der Waals surface area contributed by atoms with Crippen LogP contribution in [0.5, 0.6) is 0 Å². The minimum absolute atomic E-state index is 0.104. The highest BCUT2D eigenvalue weighted by molar-refractivity contribution is 5.94. The molecule has 120 valence electrons. The van der Waals surface area contributed by atoms with Crippen molar-refractivity contribution in [2.45, 2.75) is 31.9 Å². The molecule has 2 aromatic rings. The Morgan fingerprint density at radius 2 is 2.04 bits per heavy atom. The van der Waals surface area contributed by atoms with E-state index < -0.39 is 0 Å². The van der Waals surface area contributed by atoms with Crippen LogP contribution in [0.2, 0.25) is 0 Å². The van der Waals surface area contributed by atoms with Crippen molar-refractivity contribution in [2.75, 3.05) is 18.1 Å². The molecule has 0 radical (unpaired) electrons. The summed E-state index contributed by atoms with van der Waals surface area (Å²) in [5.41, 5.74) is 1.07. The molecule has 2 atom stereocenters. The molecule has 4 rings (SSSR count). The fourth-order valence-corrected chi connectivity index (χ4v) is 3.52. The summed E-state index contributed by atoms with van der Waals surface area (Å²) >= 11 is 0. The molecule has 1 amide bonds. The van der Waals surface area contributed by atoms with Gasteiger partial charge in [-0.3, -0.25) is 9.69 Å². The van der Waals surface area contributed by atoms with Crippen molar-refractivity contribution in [3.63, 3.8) is 0 Å². The van der Waals surface area contributed by atoms with Gasteiger partial charge in [-0.2, -0.15) is 10.1 Å². The maximum absolute atomic E-state index is 13.2. The third kappa shape index (κ3) is 2.63. The average molecular weight is 312 g/mol. The summed E-state index contributed by atoms with van der Waals surface area (Å²) in [5, 5.41) is 4.19. The van der Waals surface area contributed by atoms with Gasteiger partial charge in [0, 0.05) is 19.7 Å². The second-order valence-corrected chi connectivity index (χ2v) is 6.08. The minimum atomic E-state index is -0.171. The molecule has 1 aromatic heterocycles. The van der Waals surface area contributed by atoms with E-state index in [-0.39, 0.29) is 17.9 Å². The summed E-state index contributed by atoms with van der Waals surface area (Å²) in [6, 6.07) is 10.0. The highest BCUT2D eigenvalue weighted by Crippen LogP contribution is 2.36. The van der Waals surface area contributed by atoms with Crippen LogP contribution < -0.4 is 4.90 Å². The standard InChI is InChI=1S/C17H20N4O2/c22-16(20-9-5-10-21-17(20)18-12-19-21)14-8-4-11-23-15(14)13-6-2-1-3-7-13/h1-3,6-7,12,14-15H,4-5,8-11H2. The summed E-state index contributed by atoms with van der Waals surface area (Å²) in [7, 11) is 0. The second-order valence-electron chi connectivity index (χ2n) is 6.08. The normalized spacial score (nSPS) is 24.3. The zero-order chi connectivity index (χ0) is 15.6. The van der Waals surface area contributed by atoms with E-state index in [0.29, 0.717) is 19.1 Å². The molecule has 0 bridgehead atoms. The number of benzene rings is 1. The number of ether oxygens (including phenoxy) is 1. The van der Waals surface area contributed by atoms with E-state index in [1.807, 2.05) is 35.0 Å². The Hall–Kier alpha value is -2.21. The number of anilines is 1. The van der Waals surface area contributed by atoms with Gasteiger partial charge in [0.1, 0.15) is 6.33 Å². The third-order valence-electron chi connectivity index (χ3n) is 4.62. The van der Waals surface area contributed by atoms with Crippen LogP contribution in [-0.2, 0) is 16.1 Å². The number of hydrogen-bond donors (Lipinski definition) is 0. The van der Waals surface area contributed by atoms with Crippen LogP contribution in [0.3, 0.4) is 0 Å². The first-order chi connectivity index (χ1) is 11.3. The maximum atomic E-state index is 13.2. The molecule has 3 heterocycles. The molecular formula is C17H20N4O2. The van der Waals surface area contributed by atoms with Gasteiger partial charge in [-0.1, -0.05) is 30.3 Å². The van der Waals surface area contributed by atoms with Gasteiger partial charge in [-0.25, -0.2) is 4.68 Å². The lowest BCUT2D eigenvalue weighted by Crippen LogP contribution is -2.44. The Bertz CT molecular complexity index is 685. The van der Waals surface area contributed by atoms with Gasteiger partial charge < -0.3 is 4.74 Å². The van der Waals surface area contributed by atoms with E-state index in [1.54, 1.807) is 4.90 Å². The van der Waals surface area contributed by atoms with Gasteiger partial charge in [-0.05, 0) is 24.8 Å². The summed E-state index contributed by atoms with van der Waals surface area (Å²) in [4.78, 5) is 19.2. The van der Waals surface area contributed by atoms with Crippen LogP contribution in [0.1, 0.15) is 30.9 Å². The minimum Gasteiger partial charge on any atom is -0.373 e. The molecule has 6 nitrogen and oxygen atoms in total. The molecule has 23 heavy (non-hydrogen) atoms. The molecule has 2 unspecified atom stereocenters. The predicted molar refractivity (Wildman–Crippen MR) is 84.9 cm³/mol. The Balaban J connectivity index is 1.62. The number of aromatic nitrogens is 3. The number of amides is 1. The number of rotatable bonds is 2. The van der Waals surface area contributed by atoms with Crippen LogP contribution >= 0.6 is 0 Å². The quantitative estimate of drug-likeness (QED) is 0.853. The van der Waals surface area contributed by atoms with Gasteiger partial charge in [-0.15, -0.1) is 0 Å². The van der Waals surface area contributed by atoms with Crippen molar-refractivity contribution >= 4 is 11.9 Å². The maximum Gasteiger partial charge on any atom is 0.235 e. The molecule has 6 heteroatoms. The average Bonchev–Trinajstić information content (AvgIpc) is 3.10. The number of nitrogens with zero attached hydrogens (tertiary/aromatic N) is 4. The van der Waals surface area contributed by atoms with Crippen LogP contribution in [0.15, 0.2) is 36.7 Å². The summed E-state index contributed by atoms with van der Waals surface area (Å²) in [5.74, 6) is 0.612. The van der Waals surface area contributed by atoms with Crippen molar-refractivity contribution in [1.82, 2.24) is 14.8 Å². The van der Waals surface area contributed by atoms with Gasteiger partial charge >= 0.3 is 0 Å². The van der Waals surface area contributed by atoms with E-state index >= 15 is 0 Å². The first-order valence-corrected chi connectivity index (χ1v) is 8.20. The van der Waals surface area contributed by atoms with Gasteiger partial charge in [0.15, 0.2) is 0 Å². The van der Waals surface area contributed by atoms with Crippen molar-refractivity contribution in [1.29, 1.82) is 0 Å². The summed E-state index contributed by atoms with van der Waals surface area (Å²) in [6.45, 7) is 2.23. The van der Waals surface area contributed by atoms with Gasteiger partial charge in [0.05, 0.1) is 12.0 Å². The number of aryl methyl sites for hydroxylation is 1. The van der Waals surface area contributed by atoms with E-state index in [0.717, 1.165) is 31.4 Å². The summed E-state index contributed by atoms with van der Waals surface area (Å²) in [6.07, 6.45) is 4.03. The van der Waals surface area contributed by atoms with Crippen molar-refractivity contribution in [3.05, 3.63) is 42.2 Å². The van der Waals surface area contributed by atoms with Gasteiger partial charge in [0.25, 0.3) is 0 Å². The molecule has 0 aliphatic carbocycles. The molecular weight excluding hydrogens is 292 g/mol. The lowest BCUT2D eigenvalue weighted by molar-refractivity contribution is -0.132. The number of hydrogen-bond acceptors (Lipinski definition) is 4. The third-order valence-corrected chi connectivity index (χ3v) is 4.62. The second kappa shape index (κ2) is 6.12. The monoisotopic (exact) mass is 312 g/mol. The topological polar surface area (TPSA) is 60.2 Å². The van der Waals surface area contributed by atoms with E-state index in [1.165, 1.54) is 6.33 Å². The highest BCUT2D eigenvalue weighted by Gasteiger charge is 2.38. The Morgan fingerprint density at radius 3 is 2.91 bits per heavy atom. The molecule has 2 aliphatic rings. The number of fused-ring (bicyclic) bond motifs is 1. The highest BCUT2D eigenvalue weighted by atomic mass is 16.5. The zero-order valence-corrected chi connectivity index (χ0v) is 13.0. The number of carbonyl (C=O) groups excluding carboxylic acids is 1. The first kappa shape index (κ1) is 14.4. The number of carbonyl (C=O) groups is 1. The molecule has 0 spiro atoms. The molecule has 1 aromatic carbocycles. The molecule has 0 N–H and O–H groups in total. The fraction of sp³-hybridized carbons (Fsp3) is 0.471. The molecule has 1 fully saturated rings. The largest absolute Gasteiger partial charge is 0.373 e. The van der Waals surface area contributed by atoms with Crippen LogP contribution in [0, 0.1) is 5.92 Å². The SMILES string of the molecule is O=C(C1CCCOC1c1ccccc1)N1CCCn2ncnc21. The van der Waals surface area contributed by atoms with Crippen molar-refractivity contribution < 1.29 is 9.53 Å². The molecule has 1 saturated heterocycles. The van der Waals surface area contributed by atoms with Crippen LogP contribution in [0.4, 0.5) is 5.95 Å². The van der Waals surface area contributed by atoms with E-state index in [2.05, 4.69) is 10.1 Å². The van der Waals surface area contributed by atoms with Crippen LogP contribution in [-0.4, -0.2) is 33.8 Å². The lowest BCUT2D eigenvalue weighted by Gasteiger charge is -2.35. The Labute approximate surface area is 135 Å². The zero-order valence-electron chi connectivity index (χ0n) is 13.0.